The summed E-state index contributed by atoms with van der Waals surface area (Å²) in [6.45, 7) is 15.9. The maximum Gasteiger partial charge on any atom is 0.306 e. The van der Waals surface area contributed by atoms with Crippen molar-refractivity contribution in [2.75, 3.05) is 13.2 Å². The van der Waals surface area contributed by atoms with Gasteiger partial charge in [0.15, 0.2) is 0 Å². The van der Waals surface area contributed by atoms with Gasteiger partial charge in [0.2, 0.25) is 0 Å². The second kappa shape index (κ2) is 12.1. The first-order valence-electron chi connectivity index (χ1n) is 15.0. The van der Waals surface area contributed by atoms with E-state index in [2.05, 4.69) is 0 Å². The highest BCUT2D eigenvalue weighted by Crippen LogP contribution is 2.45. The Kier molecular flexibility index (Phi) is 9.05. The fourth-order valence-electron chi connectivity index (χ4n) is 6.05. The minimum atomic E-state index is -0.485. The Morgan fingerprint density at radius 1 is 0.643 bits per heavy atom. The lowest BCUT2D eigenvalue weighted by molar-refractivity contribution is -0.151. The van der Waals surface area contributed by atoms with Crippen molar-refractivity contribution < 1.29 is 38.7 Å². The van der Waals surface area contributed by atoms with Gasteiger partial charge < -0.3 is 29.2 Å². The zero-order valence-corrected chi connectivity index (χ0v) is 26.4. The normalized spacial score (nSPS) is 21.0. The lowest BCUT2D eigenvalue weighted by atomic mass is 9.86. The Morgan fingerprint density at radius 3 is 1.36 bits per heavy atom. The third-order valence-electron chi connectivity index (χ3n) is 9.51. The molecular formula is C34H46O8. The van der Waals surface area contributed by atoms with Crippen LogP contribution in [0.5, 0.6) is 23.0 Å². The predicted molar refractivity (Wildman–Crippen MR) is 160 cm³/mol. The third-order valence-corrected chi connectivity index (χ3v) is 9.51. The van der Waals surface area contributed by atoms with Gasteiger partial charge in [0.05, 0.1) is 26.1 Å². The number of ether oxygens (including phenoxy) is 4. The van der Waals surface area contributed by atoms with Crippen molar-refractivity contribution in [3.63, 3.8) is 0 Å². The Balaban J connectivity index is 1.19. The summed E-state index contributed by atoms with van der Waals surface area (Å²) in [7, 11) is 0. The SMILES string of the molecule is Cc1c(C)c2c(c(C)c1O)CCC(C)(CCOC(=O)CCC(=O)OCCC1(C)CCc3c(C)c(O)c(C)c(C)c3O1)O2. The van der Waals surface area contributed by atoms with Gasteiger partial charge in [0.25, 0.3) is 0 Å². The molecule has 2 aromatic carbocycles. The smallest absolute Gasteiger partial charge is 0.306 e. The minimum Gasteiger partial charge on any atom is -0.507 e. The Labute approximate surface area is 249 Å². The summed E-state index contributed by atoms with van der Waals surface area (Å²) < 4.78 is 23.6. The zero-order valence-electron chi connectivity index (χ0n) is 26.4. The average Bonchev–Trinajstić information content (AvgIpc) is 2.95. The maximum atomic E-state index is 12.3. The first-order valence-corrected chi connectivity index (χ1v) is 15.0. The predicted octanol–water partition coefficient (Wildman–Crippen LogP) is 6.46. The number of esters is 2. The van der Waals surface area contributed by atoms with E-state index >= 15 is 0 Å². The van der Waals surface area contributed by atoms with Gasteiger partial charge in [-0.15, -0.1) is 0 Å². The summed E-state index contributed by atoms with van der Waals surface area (Å²) >= 11 is 0. The molecule has 8 heteroatoms. The molecule has 4 rings (SSSR count). The second-order valence-corrected chi connectivity index (χ2v) is 12.6. The molecular weight excluding hydrogens is 536 g/mol. The summed E-state index contributed by atoms with van der Waals surface area (Å²) in [4.78, 5) is 24.7. The van der Waals surface area contributed by atoms with Crippen molar-refractivity contribution in [3.8, 4) is 23.0 Å². The van der Waals surface area contributed by atoms with E-state index in [9.17, 15) is 19.8 Å². The molecule has 2 heterocycles. The van der Waals surface area contributed by atoms with Crippen molar-refractivity contribution >= 4 is 11.9 Å². The molecule has 0 saturated heterocycles. The van der Waals surface area contributed by atoms with Crippen molar-refractivity contribution in [3.05, 3.63) is 44.5 Å². The monoisotopic (exact) mass is 582 g/mol. The fourth-order valence-corrected chi connectivity index (χ4v) is 6.05. The molecule has 2 atom stereocenters. The number of benzene rings is 2. The molecule has 0 spiro atoms. The number of phenolic OH excluding ortho intramolecular Hbond substituents is 2. The van der Waals surface area contributed by atoms with E-state index < -0.39 is 23.1 Å². The summed E-state index contributed by atoms with van der Waals surface area (Å²) in [5.74, 6) is 1.42. The van der Waals surface area contributed by atoms with E-state index in [-0.39, 0.29) is 26.1 Å². The number of phenols is 2. The van der Waals surface area contributed by atoms with Crippen LogP contribution >= 0.6 is 0 Å². The number of carbonyl (C=O) groups excluding carboxylic acids is 2. The summed E-state index contributed by atoms with van der Waals surface area (Å²) in [6.07, 6.45) is 4.04. The van der Waals surface area contributed by atoms with Crippen LogP contribution in [-0.2, 0) is 31.9 Å². The molecule has 0 radical (unpaired) electrons. The quantitative estimate of drug-likeness (QED) is 0.324. The van der Waals surface area contributed by atoms with Crippen LogP contribution in [0, 0.1) is 41.5 Å². The van der Waals surface area contributed by atoms with Gasteiger partial charge >= 0.3 is 11.9 Å². The molecule has 2 unspecified atom stereocenters. The summed E-state index contributed by atoms with van der Waals surface area (Å²) in [5.41, 5.74) is 6.34. The van der Waals surface area contributed by atoms with Crippen molar-refractivity contribution in [2.24, 2.45) is 0 Å². The molecule has 230 valence electrons. The lowest BCUT2D eigenvalue weighted by Crippen LogP contribution is -2.38. The Bertz CT molecular complexity index is 1290. The lowest BCUT2D eigenvalue weighted by Gasteiger charge is -2.38. The van der Waals surface area contributed by atoms with Gasteiger partial charge in [-0.05, 0) is 114 Å². The fraction of sp³-hybridized carbons (Fsp3) is 0.588. The second-order valence-electron chi connectivity index (χ2n) is 12.6. The number of carbonyl (C=O) groups is 2. The van der Waals surface area contributed by atoms with Crippen LogP contribution in [0.1, 0.15) is 96.9 Å². The average molecular weight is 583 g/mol. The van der Waals surface area contributed by atoms with Gasteiger partial charge in [0.1, 0.15) is 34.2 Å². The van der Waals surface area contributed by atoms with Gasteiger partial charge in [-0.25, -0.2) is 0 Å². The van der Waals surface area contributed by atoms with E-state index in [0.717, 1.165) is 81.7 Å². The van der Waals surface area contributed by atoms with E-state index in [1.807, 2.05) is 55.4 Å². The molecule has 42 heavy (non-hydrogen) atoms. The molecule has 2 N–H and O–H groups in total. The van der Waals surface area contributed by atoms with E-state index in [1.165, 1.54) is 0 Å². The van der Waals surface area contributed by atoms with Gasteiger partial charge in [0, 0.05) is 24.0 Å². The Morgan fingerprint density at radius 2 is 1.00 bits per heavy atom. The molecule has 0 saturated carbocycles. The van der Waals surface area contributed by atoms with Crippen LogP contribution < -0.4 is 9.47 Å². The largest absolute Gasteiger partial charge is 0.507 e. The van der Waals surface area contributed by atoms with Crippen LogP contribution in [0.4, 0.5) is 0 Å². The highest BCUT2D eigenvalue weighted by Gasteiger charge is 2.36. The number of hydrogen-bond acceptors (Lipinski definition) is 8. The molecule has 2 aliphatic rings. The number of aromatic hydroxyl groups is 2. The van der Waals surface area contributed by atoms with Crippen molar-refractivity contribution in [1.29, 1.82) is 0 Å². The van der Waals surface area contributed by atoms with Crippen LogP contribution in [0.15, 0.2) is 0 Å². The summed E-state index contributed by atoms with van der Waals surface area (Å²) in [6, 6.07) is 0. The third kappa shape index (κ3) is 6.32. The van der Waals surface area contributed by atoms with E-state index in [1.54, 1.807) is 0 Å². The van der Waals surface area contributed by atoms with E-state index in [4.69, 9.17) is 18.9 Å². The van der Waals surface area contributed by atoms with Gasteiger partial charge in [-0.1, -0.05) is 0 Å². The molecule has 2 aromatic rings. The highest BCUT2D eigenvalue weighted by atomic mass is 16.5. The molecule has 0 fully saturated rings. The van der Waals surface area contributed by atoms with Crippen LogP contribution in [0.2, 0.25) is 0 Å². The summed E-state index contributed by atoms with van der Waals surface area (Å²) in [5, 5.41) is 20.8. The zero-order chi connectivity index (χ0) is 31.0. The molecule has 8 nitrogen and oxygen atoms in total. The minimum absolute atomic E-state index is 0.0433. The van der Waals surface area contributed by atoms with Crippen molar-refractivity contribution in [1.82, 2.24) is 0 Å². The molecule has 0 amide bonds. The molecule has 0 bridgehead atoms. The highest BCUT2D eigenvalue weighted by molar-refractivity contribution is 5.77. The standard InChI is InChI=1S/C34H46O8/c1-19-21(3)31-25(23(5)29(19)37)11-13-33(7,41-31)15-17-39-27(35)9-10-28(36)40-18-16-34(8)14-12-26-24(6)30(38)20(2)22(4)32(26)42-34/h37-38H,9-18H2,1-8H3. The van der Waals surface area contributed by atoms with E-state index in [0.29, 0.717) is 24.3 Å². The molecule has 2 aliphatic heterocycles. The van der Waals surface area contributed by atoms with Crippen LogP contribution in [-0.4, -0.2) is 46.6 Å². The van der Waals surface area contributed by atoms with Crippen LogP contribution in [0.25, 0.3) is 0 Å². The molecule has 0 aromatic heterocycles. The number of fused-ring (bicyclic) bond motifs is 2. The van der Waals surface area contributed by atoms with Crippen LogP contribution in [0.3, 0.4) is 0 Å². The maximum absolute atomic E-state index is 12.3. The topological polar surface area (TPSA) is 112 Å². The first-order chi connectivity index (χ1) is 19.7. The Hall–Kier alpha value is -3.42. The van der Waals surface area contributed by atoms with Gasteiger partial charge in [-0.2, -0.15) is 0 Å². The first kappa shape index (κ1) is 31.5. The number of hydrogen-bond donors (Lipinski definition) is 2. The van der Waals surface area contributed by atoms with Crippen molar-refractivity contribution in [2.45, 2.75) is 118 Å². The van der Waals surface area contributed by atoms with Gasteiger partial charge in [-0.3, -0.25) is 9.59 Å². The molecule has 0 aliphatic carbocycles. The number of rotatable bonds is 9.